The van der Waals surface area contributed by atoms with E-state index in [1.807, 2.05) is 11.0 Å². The van der Waals surface area contributed by atoms with Crippen molar-refractivity contribution in [2.24, 2.45) is 5.92 Å². The number of nitrogens with zero attached hydrogens (tertiary/aromatic N) is 3. The molecule has 0 atom stereocenters. The second-order valence-electron chi connectivity index (χ2n) is 6.31. The summed E-state index contributed by atoms with van der Waals surface area (Å²) in [5, 5.41) is 0. The molecule has 1 aromatic heterocycles. The second kappa shape index (κ2) is 5.22. The maximum Gasteiger partial charge on any atom is 0.391 e. The summed E-state index contributed by atoms with van der Waals surface area (Å²) in [4.78, 5) is 10.4. The van der Waals surface area contributed by atoms with E-state index in [9.17, 15) is 13.2 Å². The molecule has 20 heavy (non-hydrogen) atoms. The Morgan fingerprint density at radius 1 is 1.10 bits per heavy atom. The Morgan fingerprint density at radius 3 is 2.20 bits per heavy atom. The van der Waals surface area contributed by atoms with Gasteiger partial charge in [-0.2, -0.15) is 13.2 Å². The molecule has 1 fully saturated rings. The monoisotopic (exact) mass is 287 g/mol. The van der Waals surface area contributed by atoms with Gasteiger partial charge in [0.2, 0.25) is 0 Å². The smallest absolute Gasteiger partial charge is 0.356 e. The first-order chi connectivity index (χ1) is 9.18. The molecule has 0 radical (unpaired) electrons. The lowest BCUT2D eigenvalue weighted by molar-refractivity contribution is -0.179. The zero-order valence-corrected chi connectivity index (χ0v) is 12.0. The van der Waals surface area contributed by atoms with Crippen LogP contribution in [0.5, 0.6) is 0 Å². The van der Waals surface area contributed by atoms with Crippen LogP contribution >= 0.6 is 0 Å². The van der Waals surface area contributed by atoms with Gasteiger partial charge in [0.05, 0.1) is 11.6 Å². The Morgan fingerprint density at radius 2 is 1.70 bits per heavy atom. The number of halogens is 3. The van der Waals surface area contributed by atoms with Crippen LogP contribution in [0.1, 0.15) is 39.3 Å². The molecule has 0 aromatic carbocycles. The van der Waals surface area contributed by atoms with Gasteiger partial charge in [0.25, 0.3) is 0 Å². The fourth-order valence-electron chi connectivity index (χ4n) is 2.37. The predicted octanol–water partition coefficient (Wildman–Crippen LogP) is 3.55. The van der Waals surface area contributed by atoms with Gasteiger partial charge in [-0.15, -0.1) is 0 Å². The zero-order chi connectivity index (χ0) is 15.0. The van der Waals surface area contributed by atoms with Crippen LogP contribution in [0.4, 0.5) is 19.0 Å². The van der Waals surface area contributed by atoms with E-state index in [0.29, 0.717) is 13.1 Å². The maximum absolute atomic E-state index is 12.6. The lowest BCUT2D eigenvalue weighted by Gasteiger charge is -2.34. The molecule has 2 rings (SSSR count). The standard InChI is InChI=1S/C14H20F3N3/c1-13(2,3)11-8-12(19-9-18-11)20-6-4-10(5-7-20)14(15,16)17/h8-10H,4-7H2,1-3H3. The third-order valence-electron chi connectivity index (χ3n) is 3.70. The number of hydrogen-bond donors (Lipinski definition) is 0. The summed E-state index contributed by atoms with van der Waals surface area (Å²) in [5.74, 6) is -0.451. The van der Waals surface area contributed by atoms with Gasteiger partial charge in [-0.25, -0.2) is 9.97 Å². The average Bonchev–Trinajstić information content (AvgIpc) is 2.37. The lowest BCUT2D eigenvalue weighted by Crippen LogP contribution is -2.39. The Balaban J connectivity index is 2.08. The topological polar surface area (TPSA) is 29.0 Å². The summed E-state index contributed by atoms with van der Waals surface area (Å²) < 4.78 is 37.9. The second-order valence-corrected chi connectivity index (χ2v) is 6.31. The Labute approximate surface area is 117 Å². The van der Waals surface area contributed by atoms with Crippen LogP contribution in [0.3, 0.4) is 0 Å². The first-order valence-corrected chi connectivity index (χ1v) is 6.82. The number of hydrogen-bond acceptors (Lipinski definition) is 3. The van der Waals surface area contributed by atoms with Crippen LogP contribution in [-0.2, 0) is 5.41 Å². The van der Waals surface area contributed by atoms with E-state index in [1.165, 1.54) is 6.33 Å². The van der Waals surface area contributed by atoms with E-state index in [4.69, 9.17) is 0 Å². The highest BCUT2D eigenvalue weighted by atomic mass is 19.4. The van der Waals surface area contributed by atoms with E-state index < -0.39 is 12.1 Å². The van der Waals surface area contributed by atoms with Crippen LogP contribution in [-0.4, -0.2) is 29.2 Å². The Hall–Kier alpha value is -1.33. The molecule has 0 bridgehead atoms. The van der Waals surface area contributed by atoms with Gasteiger partial charge < -0.3 is 4.90 Å². The maximum atomic E-state index is 12.6. The molecular weight excluding hydrogens is 267 g/mol. The van der Waals surface area contributed by atoms with Crippen molar-refractivity contribution in [3.63, 3.8) is 0 Å². The number of rotatable bonds is 1. The summed E-state index contributed by atoms with van der Waals surface area (Å²) in [6.07, 6.45) is -2.31. The molecule has 1 aliphatic heterocycles. The first kappa shape index (κ1) is 15.1. The molecule has 0 saturated carbocycles. The molecule has 3 nitrogen and oxygen atoms in total. The molecule has 0 N–H and O–H groups in total. The largest absolute Gasteiger partial charge is 0.391 e. The third kappa shape index (κ3) is 3.41. The van der Waals surface area contributed by atoms with Crippen molar-refractivity contribution < 1.29 is 13.2 Å². The van der Waals surface area contributed by atoms with Gasteiger partial charge in [-0.05, 0) is 12.8 Å². The molecule has 0 unspecified atom stereocenters. The van der Waals surface area contributed by atoms with E-state index in [2.05, 4.69) is 30.7 Å². The minimum atomic E-state index is -4.08. The minimum absolute atomic E-state index is 0.0953. The van der Waals surface area contributed by atoms with E-state index in [-0.39, 0.29) is 18.3 Å². The number of anilines is 1. The highest BCUT2D eigenvalue weighted by Crippen LogP contribution is 2.35. The van der Waals surface area contributed by atoms with Crippen LogP contribution in [0.25, 0.3) is 0 Å². The summed E-state index contributed by atoms with van der Waals surface area (Å²) in [7, 11) is 0. The Kier molecular flexibility index (Phi) is 3.93. The summed E-state index contributed by atoms with van der Waals surface area (Å²) in [6, 6.07) is 1.88. The molecule has 0 spiro atoms. The van der Waals surface area contributed by atoms with E-state index in [1.54, 1.807) is 0 Å². The van der Waals surface area contributed by atoms with Gasteiger partial charge in [-0.1, -0.05) is 20.8 Å². The Bertz CT molecular complexity index is 457. The van der Waals surface area contributed by atoms with Crippen LogP contribution in [0.15, 0.2) is 12.4 Å². The number of alkyl halides is 3. The highest BCUT2D eigenvalue weighted by Gasteiger charge is 2.41. The quantitative estimate of drug-likeness (QED) is 0.791. The molecule has 6 heteroatoms. The highest BCUT2D eigenvalue weighted by molar-refractivity contribution is 5.40. The molecule has 0 amide bonds. The molecule has 1 aliphatic rings. The predicted molar refractivity (Wildman–Crippen MR) is 71.7 cm³/mol. The fourth-order valence-corrected chi connectivity index (χ4v) is 2.37. The number of piperidine rings is 1. The molecule has 1 saturated heterocycles. The molecule has 112 valence electrons. The van der Waals surface area contributed by atoms with Gasteiger partial charge in [0.15, 0.2) is 0 Å². The first-order valence-electron chi connectivity index (χ1n) is 6.82. The van der Waals surface area contributed by atoms with Crippen LogP contribution in [0, 0.1) is 5.92 Å². The molecule has 2 heterocycles. The van der Waals surface area contributed by atoms with Gasteiger partial charge in [0, 0.05) is 24.6 Å². The normalized spacial score (nSPS) is 18.4. The molecular formula is C14H20F3N3. The van der Waals surface area contributed by atoms with Crippen molar-refractivity contribution in [1.29, 1.82) is 0 Å². The minimum Gasteiger partial charge on any atom is -0.356 e. The number of aromatic nitrogens is 2. The van der Waals surface area contributed by atoms with E-state index in [0.717, 1.165) is 11.5 Å². The third-order valence-corrected chi connectivity index (χ3v) is 3.70. The summed E-state index contributed by atoms with van der Waals surface area (Å²) in [6.45, 7) is 6.94. The van der Waals surface area contributed by atoms with Crippen molar-refractivity contribution in [1.82, 2.24) is 9.97 Å². The fraction of sp³-hybridized carbons (Fsp3) is 0.714. The van der Waals surface area contributed by atoms with Gasteiger partial charge >= 0.3 is 6.18 Å². The lowest BCUT2D eigenvalue weighted by atomic mass is 9.91. The van der Waals surface area contributed by atoms with Crippen molar-refractivity contribution >= 4 is 5.82 Å². The van der Waals surface area contributed by atoms with Gasteiger partial charge in [0.1, 0.15) is 12.1 Å². The van der Waals surface area contributed by atoms with Crippen molar-refractivity contribution in [3.8, 4) is 0 Å². The van der Waals surface area contributed by atoms with Crippen LogP contribution in [0.2, 0.25) is 0 Å². The average molecular weight is 287 g/mol. The molecule has 1 aromatic rings. The molecule has 0 aliphatic carbocycles. The summed E-state index contributed by atoms with van der Waals surface area (Å²) >= 11 is 0. The summed E-state index contributed by atoms with van der Waals surface area (Å²) in [5.41, 5.74) is 0.808. The van der Waals surface area contributed by atoms with E-state index >= 15 is 0 Å². The SMILES string of the molecule is CC(C)(C)c1cc(N2CCC(C(F)(F)F)CC2)ncn1. The van der Waals surface area contributed by atoms with Crippen LogP contribution < -0.4 is 4.90 Å². The van der Waals surface area contributed by atoms with Gasteiger partial charge in [-0.3, -0.25) is 0 Å². The van der Waals surface area contributed by atoms with Crippen molar-refractivity contribution in [3.05, 3.63) is 18.1 Å². The zero-order valence-electron chi connectivity index (χ0n) is 12.0. The van der Waals surface area contributed by atoms with Crippen molar-refractivity contribution in [2.45, 2.75) is 45.2 Å². The van der Waals surface area contributed by atoms with Crippen molar-refractivity contribution in [2.75, 3.05) is 18.0 Å².